The first kappa shape index (κ1) is 18.4. The summed E-state index contributed by atoms with van der Waals surface area (Å²) in [5, 5.41) is 3.13. The first-order chi connectivity index (χ1) is 9.29. The van der Waals surface area contributed by atoms with Gasteiger partial charge in [0.2, 0.25) is 10.0 Å². The van der Waals surface area contributed by atoms with Gasteiger partial charge in [-0.3, -0.25) is 0 Å². The monoisotopic (exact) mass is 354 g/mol. The van der Waals surface area contributed by atoms with E-state index in [4.69, 9.17) is 0 Å². The highest BCUT2D eigenvalue weighted by atomic mass is 35.5. The average Bonchev–Trinajstić information content (AvgIpc) is 2.38. The second-order valence-corrected chi connectivity index (χ2v) is 8.64. The Bertz CT molecular complexity index is 666. The second kappa shape index (κ2) is 7.06. The van der Waals surface area contributed by atoms with E-state index in [9.17, 15) is 16.8 Å². The van der Waals surface area contributed by atoms with Crippen molar-refractivity contribution in [2.75, 3.05) is 19.3 Å². The molecule has 1 aromatic carbocycles. The van der Waals surface area contributed by atoms with Crippen molar-refractivity contribution in [1.82, 2.24) is 10.0 Å². The fourth-order valence-electron chi connectivity index (χ4n) is 2.11. The number of sulfonamides is 1. The van der Waals surface area contributed by atoms with Gasteiger partial charge in [0, 0.05) is 18.8 Å². The van der Waals surface area contributed by atoms with Gasteiger partial charge in [0.15, 0.2) is 9.84 Å². The number of rotatable bonds is 4. The van der Waals surface area contributed by atoms with Crippen LogP contribution in [0.3, 0.4) is 0 Å². The first-order valence-corrected chi connectivity index (χ1v) is 9.70. The number of benzene rings is 1. The smallest absolute Gasteiger partial charge is 0.240 e. The zero-order valence-corrected chi connectivity index (χ0v) is 14.0. The molecule has 1 aromatic rings. The van der Waals surface area contributed by atoms with Gasteiger partial charge in [0.05, 0.1) is 9.79 Å². The molecule has 0 bridgehead atoms. The fourth-order valence-corrected chi connectivity index (χ4v) is 4.01. The van der Waals surface area contributed by atoms with Gasteiger partial charge in [0.25, 0.3) is 0 Å². The Labute approximate surface area is 131 Å². The molecule has 6 nitrogen and oxygen atoms in total. The number of sulfone groups is 1. The van der Waals surface area contributed by atoms with Crippen LogP contribution >= 0.6 is 12.4 Å². The predicted molar refractivity (Wildman–Crippen MR) is 83.0 cm³/mol. The van der Waals surface area contributed by atoms with Crippen LogP contribution in [0.4, 0.5) is 0 Å². The molecule has 1 atom stereocenters. The van der Waals surface area contributed by atoms with E-state index in [2.05, 4.69) is 10.0 Å². The molecule has 1 unspecified atom stereocenters. The summed E-state index contributed by atoms with van der Waals surface area (Å²) >= 11 is 0. The second-order valence-electron chi connectivity index (χ2n) is 4.91. The summed E-state index contributed by atoms with van der Waals surface area (Å²) in [7, 11) is -6.92. The van der Waals surface area contributed by atoms with Crippen LogP contribution in [-0.2, 0) is 19.9 Å². The van der Waals surface area contributed by atoms with Crippen molar-refractivity contribution in [3.63, 3.8) is 0 Å². The van der Waals surface area contributed by atoms with Crippen LogP contribution in [0.15, 0.2) is 34.1 Å². The van der Waals surface area contributed by atoms with E-state index in [1.807, 2.05) is 0 Å². The van der Waals surface area contributed by atoms with Gasteiger partial charge >= 0.3 is 0 Å². The Balaban J connectivity index is 0.00000220. The zero-order valence-electron chi connectivity index (χ0n) is 11.6. The Kier molecular flexibility index (Phi) is 6.18. The summed E-state index contributed by atoms with van der Waals surface area (Å²) in [4.78, 5) is 0.186. The lowest BCUT2D eigenvalue weighted by Gasteiger charge is -2.23. The molecule has 1 saturated heterocycles. The first-order valence-electron chi connectivity index (χ1n) is 6.32. The number of hydrogen-bond acceptors (Lipinski definition) is 5. The highest BCUT2D eigenvalue weighted by Crippen LogP contribution is 2.15. The maximum atomic E-state index is 12.2. The molecule has 0 amide bonds. The average molecular weight is 355 g/mol. The lowest BCUT2D eigenvalue weighted by Crippen LogP contribution is -2.45. The van der Waals surface area contributed by atoms with Crippen molar-refractivity contribution in [3.05, 3.63) is 24.3 Å². The normalized spacial score (nSPS) is 19.8. The minimum absolute atomic E-state index is 0. The molecule has 0 spiro atoms. The van der Waals surface area contributed by atoms with E-state index in [0.29, 0.717) is 6.54 Å². The summed E-state index contributed by atoms with van der Waals surface area (Å²) in [6.07, 6.45) is 2.82. The Morgan fingerprint density at radius 2 is 1.67 bits per heavy atom. The maximum absolute atomic E-state index is 12.2. The number of nitrogens with one attached hydrogen (secondary N) is 2. The molecule has 2 rings (SSSR count). The molecule has 0 aliphatic carbocycles. The largest absolute Gasteiger partial charge is 0.315 e. The zero-order chi connectivity index (χ0) is 14.8. The minimum atomic E-state index is -3.61. The van der Waals surface area contributed by atoms with E-state index in [1.165, 1.54) is 24.3 Å². The van der Waals surface area contributed by atoms with Crippen molar-refractivity contribution < 1.29 is 16.8 Å². The molecule has 0 aromatic heterocycles. The Morgan fingerprint density at radius 3 is 2.14 bits per heavy atom. The lowest BCUT2D eigenvalue weighted by molar-refractivity contribution is 0.428. The van der Waals surface area contributed by atoms with E-state index < -0.39 is 19.9 Å². The van der Waals surface area contributed by atoms with E-state index in [0.717, 1.165) is 25.6 Å². The molecule has 1 heterocycles. The third-order valence-corrected chi connectivity index (χ3v) is 5.85. The van der Waals surface area contributed by atoms with Crippen LogP contribution in [0.1, 0.15) is 12.8 Å². The van der Waals surface area contributed by atoms with Crippen LogP contribution in [-0.4, -0.2) is 42.2 Å². The number of halogens is 1. The third kappa shape index (κ3) is 4.93. The van der Waals surface area contributed by atoms with Gasteiger partial charge in [-0.2, -0.15) is 0 Å². The quantitative estimate of drug-likeness (QED) is 0.823. The molecule has 1 fully saturated rings. The highest BCUT2D eigenvalue weighted by Gasteiger charge is 2.22. The SMILES string of the molecule is CS(=O)(=O)c1ccc(S(=O)(=O)NC2CCCNC2)cc1.Cl. The fraction of sp³-hybridized carbons (Fsp3) is 0.500. The molecule has 9 heteroatoms. The van der Waals surface area contributed by atoms with Crippen molar-refractivity contribution in [1.29, 1.82) is 0 Å². The van der Waals surface area contributed by atoms with Gasteiger partial charge in [-0.1, -0.05) is 0 Å². The van der Waals surface area contributed by atoms with E-state index >= 15 is 0 Å². The van der Waals surface area contributed by atoms with E-state index in [1.54, 1.807) is 0 Å². The van der Waals surface area contributed by atoms with Gasteiger partial charge in [-0.15, -0.1) is 12.4 Å². The predicted octanol–water partition coefficient (Wildman–Crippen LogP) is 0.542. The molecule has 0 saturated carbocycles. The Morgan fingerprint density at radius 1 is 1.10 bits per heavy atom. The van der Waals surface area contributed by atoms with Crippen LogP contribution in [0, 0.1) is 0 Å². The molecular formula is C12H19ClN2O4S2. The summed E-state index contributed by atoms with van der Waals surface area (Å²) in [5.41, 5.74) is 0. The van der Waals surface area contributed by atoms with Crippen molar-refractivity contribution in [3.8, 4) is 0 Å². The highest BCUT2D eigenvalue weighted by molar-refractivity contribution is 7.90. The van der Waals surface area contributed by atoms with Crippen LogP contribution in [0.5, 0.6) is 0 Å². The van der Waals surface area contributed by atoms with Crippen molar-refractivity contribution in [2.24, 2.45) is 0 Å². The molecular weight excluding hydrogens is 336 g/mol. The molecule has 1 aliphatic rings. The summed E-state index contributed by atoms with van der Waals surface area (Å²) in [6.45, 7) is 1.52. The minimum Gasteiger partial charge on any atom is -0.315 e. The topological polar surface area (TPSA) is 92.3 Å². The summed E-state index contributed by atoms with van der Waals surface area (Å²) in [6, 6.07) is 5.12. The summed E-state index contributed by atoms with van der Waals surface area (Å²) in [5.74, 6) is 0. The standard InChI is InChI=1S/C12H18N2O4S2.ClH/c1-19(15,16)11-4-6-12(7-5-11)20(17,18)14-10-3-2-8-13-9-10;/h4-7,10,13-14H,2-3,8-9H2,1H3;1H. The van der Waals surface area contributed by atoms with Gasteiger partial charge in [-0.25, -0.2) is 21.6 Å². The molecule has 2 N–H and O–H groups in total. The molecule has 21 heavy (non-hydrogen) atoms. The summed E-state index contributed by atoms with van der Waals surface area (Å²) < 4.78 is 49.7. The van der Waals surface area contributed by atoms with E-state index in [-0.39, 0.29) is 28.2 Å². The van der Waals surface area contributed by atoms with Gasteiger partial charge < -0.3 is 5.32 Å². The molecule has 0 radical (unpaired) electrons. The maximum Gasteiger partial charge on any atom is 0.240 e. The number of hydrogen-bond donors (Lipinski definition) is 2. The third-order valence-electron chi connectivity index (χ3n) is 3.18. The van der Waals surface area contributed by atoms with Gasteiger partial charge in [-0.05, 0) is 43.7 Å². The lowest BCUT2D eigenvalue weighted by atomic mass is 10.1. The van der Waals surface area contributed by atoms with Crippen LogP contribution in [0.2, 0.25) is 0 Å². The van der Waals surface area contributed by atoms with Crippen molar-refractivity contribution >= 4 is 32.3 Å². The Hall–Kier alpha value is -0.670. The van der Waals surface area contributed by atoms with Crippen LogP contribution < -0.4 is 10.0 Å². The van der Waals surface area contributed by atoms with Crippen molar-refractivity contribution in [2.45, 2.75) is 28.7 Å². The molecule has 120 valence electrons. The molecule has 1 aliphatic heterocycles. The van der Waals surface area contributed by atoms with Gasteiger partial charge in [0.1, 0.15) is 0 Å². The van der Waals surface area contributed by atoms with Crippen LogP contribution in [0.25, 0.3) is 0 Å². The number of piperidine rings is 1.